The molecule has 0 N–H and O–H groups in total. The highest BCUT2D eigenvalue weighted by atomic mass is 16.6. The van der Waals surface area contributed by atoms with Gasteiger partial charge >= 0.3 is 5.69 Å². The normalized spacial score (nSPS) is 9.50. The first-order chi connectivity index (χ1) is 6.69. The third kappa shape index (κ3) is 2.03. The summed E-state index contributed by atoms with van der Waals surface area (Å²) in [7, 11) is 0. The molecular weight excluding hydrogens is 188 g/mol. The van der Waals surface area contributed by atoms with E-state index < -0.39 is 4.92 Å². The summed E-state index contributed by atoms with van der Waals surface area (Å²) in [6.45, 7) is 2.05. The average molecular weight is 196 g/mol. The number of hydrogen-bond acceptors (Lipinski definition) is 5. The summed E-state index contributed by atoms with van der Waals surface area (Å²) in [5.74, 6) is 0.143. The topological polar surface area (TPSA) is 81.8 Å². The fourth-order valence-corrected chi connectivity index (χ4v) is 0.983. The molecular formula is C8H8N2O4. The van der Waals surface area contributed by atoms with Crippen molar-refractivity contribution in [1.82, 2.24) is 0 Å². The number of nitro benzene ring substituents is 1. The molecule has 0 saturated heterocycles. The fraction of sp³-hybridized carbons (Fsp3) is 0.250. The van der Waals surface area contributed by atoms with E-state index in [1.807, 2.05) is 0 Å². The Bertz CT molecular complexity index is 364. The number of nitrogens with zero attached hydrogens (tertiary/aromatic N) is 2. The first-order valence-electron chi connectivity index (χ1n) is 3.93. The van der Waals surface area contributed by atoms with Gasteiger partial charge in [-0.05, 0) is 24.2 Å². The molecule has 0 aromatic heterocycles. The molecule has 1 rings (SSSR count). The lowest BCUT2D eigenvalue weighted by Gasteiger charge is -2.03. The molecule has 0 amide bonds. The van der Waals surface area contributed by atoms with E-state index in [1.165, 1.54) is 12.1 Å². The molecule has 0 atom stereocenters. The number of nitroso groups, excluding NO2 is 1. The highest BCUT2D eigenvalue weighted by Crippen LogP contribution is 2.30. The summed E-state index contributed by atoms with van der Waals surface area (Å²) >= 11 is 0. The Morgan fingerprint density at radius 3 is 2.79 bits per heavy atom. The molecule has 0 aliphatic rings. The molecule has 6 nitrogen and oxygen atoms in total. The second-order valence-electron chi connectivity index (χ2n) is 2.43. The maximum Gasteiger partial charge on any atom is 0.313 e. The molecule has 0 radical (unpaired) electrons. The van der Waals surface area contributed by atoms with Crippen LogP contribution in [-0.2, 0) is 0 Å². The first kappa shape index (κ1) is 10.1. The molecule has 0 fully saturated rings. The van der Waals surface area contributed by atoms with Crippen LogP contribution in [0.25, 0.3) is 0 Å². The third-order valence-electron chi connectivity index (χ3n) is 1.54. The number of hydrogen-bond donors (Lipinski definition) is 0. The molecule has 1 aromatic rings. The van der Waals surface area contributed by atoms with Crippen LogP contribution in [0, 0.1) is 15.0 Å². The lowest BCUT2D eigenvalue weighted by molar-refractivity contribution is -0.385. The van der Waals surface area contributed by atoms with Crippen molar-refractivity contribution in [3.05, 3.63) is 33.2 Å². The van der Waals surface area contributed by atoms with E-state index in [0.29, 0.717) is 6.61 Å². The van der Waals surface area contributed by atoms with Crippen molar-refractivity contribution in [2.24, 2.45) is 5.18 Å². The van der Waals surface area contributed by atoms with Crippen LogP contribution in [0.3, 0.4) is 0 Å². The first-order valence-corrected chi connectivity index (χ1v) is 3.93. The Labute approximate surface area is 79.6 Å². The molecule has 0 heterocycles. The van der Waals surface area contributed by atoms with Crippen molar-refractivity contribution in [2.75, 3.05) is 6.61 Å². The Morgan fingerprint density at radius 1 is 1.57 bits per heavy atom. The van der Waals surface area contributed by atoms with E-state index in [9.17, 15) is 15.0 Å². The third-order valence-corrected chi connectivity index (χ3v) is 1.54. The number of nitro groups is 1. The highest BCUT2D eigenvalue weighted by Gasteiger charge is 2.15. The Morgan fingerprint density at radius 2 is 2.29 bits per heavy atom. The minimum Gasteiger partial charge on any atom is -0.487 e. The molecule has 0 unspecified atom stereocenters. The fourth-order valence-electron chi connectivity index (χ4n) is 0.983. The zero-order valence-corrected chi connectivity index (χ0v) is 7.47. The second-order valence-corrected chi connectivity index (χ2v) is 2.43. The summed E-state index contributed by atoms with van der Waals surface area (Å²) in [6.07, 6.45) is 0. The van der Waals surface area contributed by atoms with Crippen molar-refractivity contribution in [2.45, 2.75) is 6.92 Å². The molecule has 0 bridgehead atoms. The predicted octanol–water partition coefficient (Wildman–Crippen LogP) is 2.39. The zero-order chi connectivity index (χ0) is 10.6. The highest BCUT2D eigenvalue weighted by molar-refractivity contribution is 5.55. The van der Waals surface area contributed by atoms with Gasteiger partial charge in [0.25, 0.3) is 0 Å². The number of benzene rings is 1. The van der Waals surface area contributed by atoms with Crippen LogP contribution in [0.4, 0.5) is 11.4 Å². The maximum absolute atomic E-state index is 10.5. The van der Waals surface area contributed by atoms with E-state index in [-0.39, 0.29) is 17.1 Å². The van der Waals surface area contributed by atoms with Crippen molar-refractivity contribution < 1.29 is 9.66 Å². The minimum atomic E-state index is -0.611. The van der Waals surface area contributed by atoms with E-state index in [2.05, 4.69) is 5.18 Å². The summed E-state index contributed by atoms with van der Waals surface area (Å²) in [6, 6.07) is 3.81. The van der Waals surface area contributed by atoms with Crippen LogP contribution >= 0.6 is 0 Å². The monoisotopic (exact) mass is 196 g/mol. The summed E-state index contributed by atoms with van der Waals surface area (Å²) in [4.78, 5) is 20.1. The van der Waals surface area contributed by atoms with Crippen LogP contribution in [0.15, 0.2) is 23.4 Å². The number of ether oxygens (including phenoxy) is 1. The van der Waals surface area contributed by atoms with E-state index in [1.54, 1.807) is 6.92 Å². The van der Waals surface area contributed by atoms with Gasteiger partial charge in [-0.1, -0.05) is 0 Å². The summed E-state index contributed by atoms with van der Waals surface area (Å²) in [5.41, 5.74) is -0.232. The van der Waals surface area contributed by atoms with Crippen molar-refractivity contribution in [3.8, 4) is 5.75 Å². The van der Waals surface area contributed by atoms with Crippen molar-refractivity contribution >= 4 is 11.4 Å². The van der Waals surface area contributed by atoms with Gasteiger partial charge in [-0.3, -0.25) is 10.1 Å². The standard InChI is InChI=1S/C8H8N2O4/c1-2-14-8-4-3-6(9-11)5-7(8)10(12)13/h3-5H,2H2,1H3. The second kappa shape index (κ2) is 4.31. The minimum absolute atomic E-state index is 0.0140. The molecule has 0 saturated carbocycles. The SMILES string of the molecule is CCOc1ccc(N=O)cc1[N+](=O)[O-]. The largest absolute Gasteiger partial charge is 0.487 e. The van der Waals surface area contributed by atoms with Crippen LogP contribution in [-0.4, -0.2) is 11.5 Å². The van der Waals surface area contributed by atoms with Gasteiger partial charge in [0.1, 0.15) is 5.69 Å². The molecule has 1 aromatic carbocycles. The van der Waals surface area contributed by atoms with E-state index >= 15 is 0 Å². The van der Waals surface area contributed by atoms with Crippen LogP contribution in [0.5, 0.6) is 5.75 Å². The van der Waals surface area contributed by atoms with Gasteiger partial charge in [-0.2, -0.15) is 0 Å². The smallest absolute Gasteiger partial charge is 0.313 e. The Balaban J connectivity index is 3.16. The molecule has 6 heteroatoms. The van der Waals surface area contributed by atoms with E-state index in [0.717, 1.165) is 6.07 Å². The van der Waals surface area contributed by atoms with E-state index in [4.69, 9.17) is 4.74 Å². The van der Waals surface area contributed by atoms with Gasteiger partial charge in [0.05, 0.1) is 11.5 Å². The Hall–Kier alpha value is -1.98. The summed E-state index contributed by atoms with van der Waals surface area (Å²) in [5, 5.41) is 13.2. The van der Waals surface area contributed by atoms with Crippen molar-refractivity contribution in [3.63, 3.8) is 0 Å². The lowest BCUT2D eigenvalue weighted by atomic mass is 10.2. The van der Waals surface area contributed by atoms with Crippen LogP contribution in [0.1, 0.15) is 6.92 Å². The van der Waals surface area contributed by atoms with Crippen LogP contribution < -0.4 is 4.74 Å². The Kier molecular flexibility index (Phi) is 3.11. The molecule has 74 valence electrons. The van der Waals surface area contributed by atoms with Gasteiger partial charge in [-0.15, -0.1) is 4.91 Å². The molecule has 14 heavy (non-hydrogen) atoms. The maximum atomic E-state index is 10.5. The van der Waals surface area contributed by atoms with Gasteiger partial charge in [0, 0.05) is 6.07 Å². The predicted molar refractivity (Wildman–Crippen MR) is 49.7 cm³/mol. The molecule has 0 spiro atoms. The van der Waals surface area contributed by atoms with Gasteiger partial charge < -0.3 is 4.74 Å². The lowest BCUT2D eigenvalue weighted by Crippen LogP contribution is -1.96. The van der Waals surface area contributed by atoms with Crippen LogP contribution in [0.2, 0.25) is 0 Å². The molecule has 0 aliphatic heterocycles. The average Bonchev–Trinajstić information content (AvgIpc) is 2.18. The molecule has 0 aliphatic carbocycles. The zero-order valence-electron chi connectivity index (χ0n) is 7.47. The van der Waals surface area contributed by atoms with Gasteiger partial charge in [0.15, 0.2) is 5.75 Å². The number of rotatable bonds is 4. The van der Waals surface area contributed by atoms with Crippen molar-refractivity contribution in [1.29, 1.82) is 0 Å². The quantitative estimate of drug-likeness (QED) is 0.420. The van der Waals surface area contributed by atoms with Gasteiger partial charge in [-0.25, -0.2) is 0 Å². The summed E-state index contributed by atoms with van der Waals surface area (Å²) < 4.78 is 5.01. The van der Waals surface area contributed by atoms with Gasteiger partial charge in [0.2, 0.25) is 0 Å².